The minimum atomic E-state index is -0.154. The van der Waals surface area contributed by atoms with E-state index in [1.54, 1.807) is 58.1 Å². The van der Waals surface area contributed by atoms with Gasteiger partial charge in [-0.15, -0.1) is 30.6 Å². The fourth-order valence-corrected chi connectivity index (χ4v) is 12.0. The van der Waals surface area contributed by atoms with Crippen molar-refractivity contribution in [3.63, 3.8) is 0 Å². The molecule has 0 saturated carbocycles. The molecule has 3 aromatic heterocycles. The van der Waals surface area contributed by atoms with Gasteiger partial charge in [0.1, 0.15) is 38.0 Å². The molecular weight excluding hydrogens is 933 g/mol. The number of ketones is 3. The van der Waals surface area contributed by atoms with E-state index < -0.39 is 0 Å². The van der Waals surface area contributed by atoms with Crippen molar-refractivity contribution < 1.29 is 19.1 Å². The number of ether oxygens (including phenoxy) is 1. The Morgan fingerprint density at radius 3 is 1.36 bits per heavy atom. The number of hydrogen-bond acceptors (Lipinski definition) is 15. The van der Waals surface area contributed by atoms with Crippen molar-refractivity contribution in [2.24, 2.45) is 15.3 Å². The summed E-state index contributed by atoms with van der Waals surface area (Å²) in [6, 6.07) is 4.37. The third kappa shape index (κ3) is 9.82. The highest BCUT2D eigenvalue weighted by Crippen LogP contribution is 2.51. The Kier molecular flexibility index (Phi) is 14.8. The van der Waals surface area contributed by atoms with Gasteiger partial charge in [-0.05, 0) is 157 Å². The Labute approximate surface area is 431 Å². The van der Waals surface area contributed by atoms with Gasteiger partial charge in [0.15, 0.2) is 17.3 Å². The maximum Gasteiger partial charge on any atom is 0.192 e. The summed E-state index contributed by atoms with van der Waals surface area (Å²) in [4.78, 5) is 40.3. The summed E-state index contributed by atoms with van der Waals surface area (Å²) < 4.78 is 9.84. The molecule has 0 spiro atoms. The largest absolute Gasteiger partial charge is 0.391 e. The Morgan fingerprint density at radius 2 is 0.946 bits per heavy atom. The molecule has 5 aromatic rings. The Morgan fingerprint density at radius 1 is 0.527 bits per heavy atom. The van der Waals surface area contributed by atoms with Gasteiger partial charge in [0.2, 0.25) is 0 Å². The van der Waals surface area contributed by atoms with Crippen molar-refractivity contribution in [3.05, 3.63) is 152 Å². The summed E-state index contributed by atoms with van der Waals surface area (Å²) in [6.07, 6.45) is 26.4. The maximum atomic E-state index is 14.2. The van der Waals surface area contributed by atoms with E-state index in [0.717, 1.165) is 185 Å². The van der Waals surface area contributed by atoms with Crippen LogP contribution in [-0.4, -0.2) is 106 Å². The van der Waals surface area contributed by atoms with Crippen LogP contribution in [0.15, 0.2) is 111 Å². The van der Waals surface area contributed by atoms with Crippen LogP contribution in [0.25, 0.3) is 0 Å². The first-order chi connectivity index (χ1) is 36.0. The average molecular weight is 997 g/mol. The summed E-state index contributed by atoms with van der Waals surface area (Å²) in [7, 11) is 3.73. The van der Waals surface area contributed by atoms with Crippen molar-refractivity contribution in [1.82, 2.24) is 55.3 Å². The standard InChI is InChI=1S/C27H29N9O.C25H27N5O2.C4H8O/c1-16-10-21-25(18-6-4-7-19(11-18)33-35-12-29-30-13-35)24(17(2)28-3)27(37)26(21)20-8-5-9-22(23(16)20)34-36-14-31-32-15-36;1-14-10-19-23(16-6-4-7-17(31)11-16)22(15(2)26-3)25(32)24(19)18-8-5-9-20(21(14)18)29-30-12-27-28-13-30;1-2-4-5-3-1/h10-15,25,28H,4-9H2,1-3H3;10-13,23,26H,4-9H2,1-3H3;1-4H2/b24-17-,33-19+,34-22+;22-15-,29-20+;. The van der Waals surface area contributed by atoms with Crippen molar-refractivity contribution in [2.75, 3.05) is 27.3 Å². The lowest BCUT2D eigenvalue weighted by Gasteiger charge is -2.25. The molecule has 382 valence electrons. The van der Waals surface area contributed by atoms with Crippen LogP contribution in [-0.2, 0) is 22.4 Å². The van der Waals surface area contributed by atoms with Crippen molar-refractivity contribution in [2.45, 2.75) is 129 Å². The lowest BCUT2D eigenvalue weighted by Crippen LogP contribution is -2.19. The predicted molar refractivity (Wildman–Crippen MR) is 282 cm³/mol. The van der Waals surface area contributed by atoms with Gasteiger partial charge < -0.3 is 15.4 Å². The molecule has 0 bridgehead atoms. The Bertz CT molecular complexity index is 3210. The van der Waals surface area contributed by atoms with Gasteiger partial charge in [-0.2, -0.15) is 15.3 Å². The minimum Gasteiger partial charge on any atom is -0.391 e. The van der Waals surface area contributed by atoms with Crippen LogP contribution < -0.4 is 10.6 Å². The summed E-state index contributed by atoms with van der Waals surface area (Å²) in [5.41, 5.74) is 19.1. The summed E-state index contributed by atoms with van der Waals surface area (Å²) >= 11 is 0. The van der Waals surface area contributed by atoms with Crippen LogP contribution in [0, 0.1) is 13.8 Å². The molecule has 7 aliphatic rings. The zero-order valence-electron chi connectivity index (χ0n) is 43.2. The van der Waals surface area contributed by atoms with E-state index >= 15 is 0 Å². The van der Waals surface area contributed by atoms with Crippen LogP contribution in [0.2, 0.25) is 0 Å². The second kappa shape index (κ2) is 21.9. The Balaban J connectivity index is 0.000000156. The summed E-state index contributed by atoms with van der Waals surface area (Å²) in [6.45, 7) is 10.2. The van der Waals surface area contributed by atoms with Gasteiger partial charge in [-0.1, -0.05) is 23.3 Å². The smallest absolute Gasteiger partial charge is 0.192 e. The fraction of sp³-hybridized carbons (Fsp3) is 0.429. The number of carbonyl (C=O) groups is 3. The van der Waals surface area contributed by atoms with Gasteiger partial charge in [0, 0.05) is 90.4 Å². The number of nitrogens with zero attached hydrogens (tertiary/aromatic N) is 12. The van der Waals surface area contributed by atoms with Crippen LogP contribution in [0.3, 0.4) is 0 Å². The fourth-order valence-electron chi connectivity index (χ4n) is 12.0. The first kappa shape index (κ1) is 50.0. The molecule has 1 saturated heterocycles. The molecule has 1 fully saturated rings. The monoisotopic (exact) mass is 997 g/mol. The lowest BCUT2D eigenvalue weighted by atomic mass is 9.79. The number of hydrogen-bond donors (Lipinski definition) is 2. The molecular formula is C56H64N14O4. The Hall–Kier alpha value is -7.60. The third-order valence-corrected chi connectivity index (χ3v) is 15.3. The van der Waals surface area contributed by atoms with Crippen LogP contribution in [0.1, 0.15) is 168 Å². The normalized spacial score (nSPS) is 23.0. The zero-order chi connectivity index (χ0) is 51.5. The number of carbonyl (C=O) groups excluding carboxylic acids is 3. The topological polar surface area (TPSA) is 214 Å². The van der Waals surface area contributed by atoms with E-state index in [4.69, 9.17) is 14.9 Å². The van der Waals surface area contributed by atoms with E-state index in [1.165, 1.54) is 18.4 Å². The molecule has 1 aliphatic heterocycles. The third-order valence-electron chi connectivity index (χ3n) is 15.3. The van der Waals surface area contributed by atoms with E-state index in [0.29, 0.717) is 6.42 Å². The van der Waals surface area contributed by atoms with Crippen LogP contribution in [0.5, 0.6) is 0 Å². The zero-order valence-corrected chi connectivity index (χ0v) is 43.2. The van der Waals surface area contributed by atoms with Crippen LogP contribution in [0.4, 0.5) is 0 Å². The number of benzene rings is 2. The highest BCUT2D eigenvalue weighted by Gasteiger charge is 2.44. The van der Waals surface area contributed by atoms with Crippen LogP contribution >= 0.6 is 0 Å². The molecule has 18 heteroatoms. The number of fused-ring (bicyclic) bond motifs is 6. The lowest BCUT2D eigenvalue weighted by molar-refractivity contribution is -0.115. The van der Waals surface area contributed by atoms with Crippen molar-refractivity contribution >= 4 is 34.5 Å². The first-order valence-electron chi connectivity index (χ1n) is 26.0. The van der Waals surface area contributed by atoms with Gasteiger partial charge in [0.25, 0.3) is 0 Å². The van der Waals surface area contributed by atoms with Crippen molar-refractivity contribution in [1.29, 1.82) is 0 Å². The van der Waals surface area contributed by atoms with Gasteiger partial charge >= 0.3 is 0 Å². The van der Waals surface area contributed by atoms with E-state index in [2.05, 4.69) is 78.4 Å². The quantitative estimate of drug-likeness (QED) is 0.149. The molecule has 0 amide bonds. The molecule has 0 radical (unpaired) electrons. The van der Waals surface area contributed by atoms with E-state index in [1.807, 2.05) is 27.9 Å². The number of allylic oxidation sites excluding steroid dienone is 8. The average Bonchev–Trinajstić information content (AvgIpc) is 4.32. The molecule has 18 nitrogen and oxygen atoms in total. The number of aryl methyl sites for hydroxylation is 2. The SMILES string of the molecule is C1CCOC1.CN/C(C)=C1\C(=O)c2c(cc(C)c3c2CCC/C3=N\n2cnnc2)C1C1=C/C(=N/n2cnnc2)CCC1.CN/C(C)=C1\C(=O)c2c(cc(C)c3c2CCC/C3=N\n2cnnc2)C1C1=CC(=O)CCC1. The van der Waals surface area contributed by atoms with Crippen molar-refractivity contribution in [3.8, 4) is 0 Å². The van der Waals surface area contributed by atoms with Gasteiger partial charge in [-0.25, -0.2) is 14.0 Å². The summed E-state index contributed by atoms with van der Waals surface area (Å²) in [5, 5.41) is 43.8. The number of aromatic nitrogens is 9. The second-order valence-electron chi connectivity index (χ2n) is 20.0. The molecule has 74 heavy (non-hydrogen) atoms. The predicted octanol–water partition coefficient (Wildman–Crippen LogP) is 7.98. The summed E-state index contributed by atoms with van der Waals surface area (Å²) in [5.74, 6) is 0.116. The van der Waals surface area contributed by atoms with Gasteiger partial charge in [0.05, 0.1) is 17.1 Å². The maximum absolute atomic E-state index is 14.2. The highest BCUT2D eigenvalue weighted by molar-refractivity contribution is 6.20. The number of rotatable bonds is 7. The molecule has 2 N–H and O–H groups in total. The van der Waals surface area contributed by atoms with E-state index in [-0.39, 0.29) is 29.2 Å². The molecule has 6 aliphatic carbocycles. The molecule has 2 aromatic carbocycles. The molecule has 2 unspecified atom stereocenters. The first-order valence-corrected chi connectivity index (χ1v) is 26.0. The second-order valence-corrected chi connectivity index (χ2v) is 20.0. The molecule has 4 heterocycles. The van der Waals surface area contributed by atoms with E-state index in [9.17, 15) is 14.4 Å². The number of nitrogens with one attached hydrogen (secondary N) is 2. The van der Waals surface area contributed by atoms with Gasteiger partial charge in [-0.3, -0.25) is 14.4 Å². The minimum absolute atomic E-state index is 0.0811. The molecule has 12 rings (SSSR count). The number of Topliss-reactive ketones (excluding diaryl/α,β-unsaturated/α-hetero) is 2. The molecule has 2 atom stereocenters. The highest BCUT2D eigenvalue weighted by atomic mass is 16.5.